The van der Waals surface area contributed by atoms with Gasteiger partial charge in [0, 0.05) is 11.3 Å². The van der Waals surface area contributed by atoms with Crippen LogP contribution in [0.25, 0.3) is 0 Å². The maximum Gasteiger partial charge on any atom is 0.323 e. The van der Waals surface area contributed by atoms with Crippen molar-refractivity contribution in [1.82, 2.24) is 0 Å². The molecule has 0 saturated carbocycles. The van der Waals surface area contributed by atoms with Crippen LogP contribution in [0.2, 0.25) is 0 Å². The molecule has 2 aromatic carbocycles. The van der Waals surface area contributed by atoms with Crippen LogP contribution in [0.3, 0.4) is 0 Å². The number of para-hydroxylation sites is 1. The molecule has 2 aromatic rings. The second-order valence-electron chi connectivity index (χ2n) is 4.55. The zero-order chi connectivity index (χ0) is 14.5. The average molecular weight is 268 g/mol. The molecule has 0 saturated heterocycles. The zero-order valence-corrected chi connectivity index (χ0v) is 11.4. The van der Waals surface area contributed by atoms with E-state index in [1.807, 2.05) is 31.2 Å². The molecular weight excluding hydrogens is 252 g/mol. The summed E-state index contributed by atoms with van der Waals surface area (Å²) in [6.07, 6.45) is 0. The minimum absolute atomic E-state index is 0.0868. The molecule has 4 nitrogen and oxygen atoms in total. The van der Waals surface area contributed by atoms with E-state index >= 15 is 0 Å². The molecule has 20 heavy (non-hydrogen) atoms. The topological polar surface area (TPSA) is 58.2 Å². The Labute approximate surface area is 117 Å². The lowest BCUT2D eigenvalue weighted by Crippen LogP contribution is -2.20. The fourth-order valence-electron chi connectivity index (χ4n) is 1.82. The maximum atomic E-state index is 11.9. The lowest BCUT2D eigenvalue weighted by Gasteiger charge is -2.10. The van der Waals surface area contributed by atoms with Gasteiger partial charge in [0.05, 0.1) is 5.69 Å². The van der Waals surface area contributed by atoms with E-state index in [-0.39, 0.29) is 11.8 Å². The van der Waals surface area contributed by atoms with E-state index in [0.717, 1.165) is 5.56 Å². The Morgan fingerprint density at radius 1 is 0.900 bits per heavy atom. The molecule has 0 fully saturated rings. The predicted molar refractivity (Wildman–Crippen MR) is 80.3 cm³/mol. The lowest BCUT2D eigenvalue weighted by atomic mass is 10.1. The molecule has 0 bridgehead atoms. The first-order valence-corrected chi connectivity index (χ1v) is 6.31. The number of amides is 2. The Morgan fingerprint density at radius 3 is 2.20 bits per heavy atom. The van der Waals surface area contributed by atoms with Crippen LogP contribution in [0.1, 0.15) is 22.8 Å². The van der Waals surface area contributed by atoms with E-state index < -0.39 is 0 Å². The summed E-state index contributed by atoms with van der Waals surface area (Å²) in [5.41, 5.74) is 2.82. The molecule has 0 heterocycles. The van der Waals surface area contributed by atoms with Gasteiger partial charge in [-0.05, 0) is 38.1 Å². The number of anilines is 2. The van der Waals surface area contributed by atoms with Crippen molar-refractivity contribution in [2.24, 2.45) is 0 Å². The molecule has 0 aliphatic carbocycles. The van der Waals surface area contributed by atoms with Gasteiger partial charge < -0.3 is 10.6 Å². The van der Waals surface area contributed by atoms with Crippen molar-refractivity contribution in [2.75, 3.05) is 10.6 Å². The van der Waals surface area contributed by atoms with Gasteiger partial charge in [0.2, 0.25) is 0 Å². The van der Waals surface area contributed by atoms with Crippen molar-refractivity contribution in [1.29, 1.82) is 0 Å². The van der Waals surface area contributed by atoms with E-state index in [1.165, 1.54) is 6.92 Å². The van der Waals surface area contributed by atoms with Crippen LogP contribution in [-0.4, -0.2) is 11.8 Å². The molecule has 0 atom stereocenters. The quantitative estimate of drug-likeness (QED) is 0.831. The number of rotatable bonds is 3. The zero-order valence-electron chi connectivity index (χ0n) is 11.4. The average Bonchev–Trinajstić information content (AvgIpc) is 2.41. The van der Waals surface area contributed by atoms with Gasteiger partial charge in [-0.1, -0.05) is 29.8 Å². The first-order chi connectivity index (χ1) is 9.56. The van der Waals surface area contributed by atoms with Crippen molar-refractivity contribution in [3.05, 3.63) is 59.7 Å². The number of ketones is 1. The molecule has 0 spiro atoms. The molecule has 4 heteroatoms. The highest BCUT2D eigenvalue weighted by Crippen LogP contribution is 2.16. The van der Waals surface area contributed by atoms with Gasteiger partial charge in [0.15, 0.2) is 5.78 Å². The second kappa shape index (κ2) is 6.02. The molecule has 0 unspecified atom stereocenters. The summed E-state index contributed by atoms with van der Waals surface area (Å²) < 4.78 is 0. The van der Waals surface area contributed by atoms with Crippen LogP contribution in [0, 0.1) is 6.92 Å². The van der Waals surface area contributed by atoms with E-state index in [9.17, 15) is 9.59 Å². The third kappa shape index (κ3) is 3.45. The highest BCUT2D eigenvalue weighted by atomic mass is 16.2. The summed E-state index contributed by atoms with van der Waals surface area (Å²) in [4.78, 5) is 23.4. The van der Waals surface area contributed by atoms with Crippen molar-refractivity contribution in [3.8, 4) is 0 Å². The highest BCUT2D eigenvalue weighted by molar-refractivity contribution is 6.06. The number of aryl methyl sites for hydroxylation is 1. The third-order valence-electron chi connectivity index (χ3n) is 2.86. The minimum Gasteiger partial charge on any atom is -0.308 e. The van der Waals surface area contributed by atoms with E-state index in [2.05, 4.69) is 10.6 Å². The normalized spacial score (nSPS) is 9.90. The van der Waals surface area contributed by atoms with Crippen LogP contribution in [0.15, 0.2) is 48.5 Å². The van der Waals surface area contributed by atoms with Crippen molar-refractivity contribution < 1.29 is 9.59 Å². The van der Waals surface area contributed by atoms with Crippen LogP contribution >= 0.6 is 0 Å². The number of carbonyl (C=O) groups is 2. The molecule has 0 aliphatic heterocycles. The fraction of sp³-hybridized carbons (Fsp3) is 0.125. The molecular formula is C16H16N2O2. The minimum atomic E-state index is -0.373. The van der Waals surface area contributed by atoms with E-state index in [1.54, 1.807) is 24.3 Å². The molecule has 102 valence electrons. The summed E-state index contributed by atoms with van der Waals surface area (Å²) in [6, 6.07) is 14.0. The van der Waals surface area contributed by atoms with Gasteiger partial charge in [-0.3, -0.25) is 4.79 Å². The van der Waals surface area contributed by atoms with Gasteiger partial charge in [0.25, 0.3) is 0 Å². The van der Waals surface area contributed by atoms with Crippen molar-refractivity contribution >= 4 is 23.2 Å². The van der Waals surface area contributed by atoms with Crippen molar-refractivity contribution in [2.45, 2.75) is 13.8 Å². The standard InChI is InChI=1S/C16H16N2O2/c1-11-7-9-13(10-8-11)17-16(20)18-15-6-4-3-5-14(15)12(2)19/h3-10H,1-2H3,(H2,17,18,20). The smallest absolute Gasteiger partial charge is 0.308 e. The summed E-state index contributed by atoms with van der Waals surface area (Å²) >= 11 is 0. The van der Waals surface area contributed by atoms with Gasteiger partial charge in [-0.15, -0.1) is 0 Å². The Morgan fingerprint density at radius 2 is 1.55 bits per heavy atom. The first-order valence-electron chi connectivity index (χ1n) is 6.31. The molecule has 0 radical (unpaired) electrons. The van der Waals surface area contributed by atoms with Crippen molar-refractivity contribution in [3.63, 3.8) is 0 Å². The predicted octanol–water partition coefficient (Wildman–Crippen LogP) is 3.84. The number of benzene rings is 2. The number of hydrogen-bond donors (Lipinski definition) is 2. The third-order valence-corrected chi connectivity index (χ3v) is 2.86. The van der Waals surface area contributed by atoms with Crippen LogP contribution in [0.4, 0.5) is 16.2 Å². The number of hydrogen-bond acceptors (Lipinski definition) is 2. The van der Waals surface area contributed by atoms with E-state index in [4.69, 9.17) is 0 Å². The van der Waals surface area contributed by atoms with Crippen LogP contribution in [0.5, 0.6) is 0 Å². The molecule has 2 amide bonds. The first kappa shape index (κ1) is 13.8. The Hall–Kier alpha value is -2.62. The SMILES string of the molecule is CC(=O)c1ccccc1NC(=O)Nc1ccc(C)cc1. The Kier molecular flexibility index (Phi) is 4.15. The second-order valence-corrected chi connectivity index (χ2v) is 4.55. The number of carbonyl (C=O) groups excluding carboxylic acids is 2. The summed E-state index contributed by atoms with van der Waals surface area (Å²) in [5.74, 6) is -0.0868. The Balaban J connectivity index is 2.08. The molecule has 2 rings (SSSR count). The number of nitrogens with one attached hydrogen (secondary N) is 2. The van der Waals surface area contributed by atoms with Gasteiger partial charge in [0.1, 0.15) is 0 Å². The fourth-order valence-corrected chi connectivity index (χ4v) is 1.82. The molecule has 0 aromatic heterocycles. The van der Waals surface area contributed by atoms with Crippen LogP contribution < -0.4 is 10.6 Å². The molecule has 0 aliphatic rings. The Bertz CT molecular complexity index is 633. The monoisotopic (exact) mass is 268 g/mol. The summed E-state index contributed by atoms with van der Waals surface area (Å²) in [5, 5.41) is 5.41. The molecule has 2 N–H and O–H groups in total. The van der Waals surface area contributed by atoms with Crippen LogP contribution in [-0.2, 0) is 0 Å². The van der Waals surface area contributed by atoms with E-state index in [0.29, 0.717) is 16.9 Å². The van der Waals surface area contributed by atoms with Gasteiger partial charge in [-0.25, -0.2) is 4.79 Å². The highest BCUT2D eigenvalue weighted by Gasteiger charge is 2.09. The van der Waals surface area contributed by atoms with Gasteiger partial charge >= 0.3 is 6.03 Å². The van der Waals surface area contributed by atoms with Gasteiger partial charge in [-0.2, -0.15) is 0 Å². The maximum absolute atomic E-state index is 11.9. The summed E-state index contributed by atoms with van der Waals surface area (Å²) in [7, 11) is 0. The number of urea groups is 1. The summed E-state index contributed by atoms with van der Waals surface area (Å²) in [6.45, 7) is 3.45. The number of Topliss-reactive ketones (excluding diaryl/α,β-unsaturated/α-hetero) is 1. The lowest BCUT2D eigenvalue weighted by molar-refractivity contribution is 0.101. The largest absolute Gasteiger partial charge is 0.323 e.